The van der Waals surface area contributed by atoms with E-state index in [9.17, 15) is 13.2 Å². The summed E-state index contributed by atoms with van der Waals surface area (Å²) in [6.45, 7) is 1.66. The first-order chi connectivity index (χ1) is 18.8. The van der Waals surface area contributed by atoms with Crippen LogP contribution >= 0.6 is 0 Å². The number of aromatic nitrogens is 1. The number of pyridine rings is 1. The van der Waals surface area contributed by atoms with E-state index in [4.69, 9.17) is 19.6 Å². The Bertz CT molecular complexity index is 1610. The van der Waals surface area contributed by atoms with Crippen LogP contribution in [0, 0.1) is 0 Å². The number of nitrogens with zero attached hydrogens (tertiary/aromatic N) is 2. The number of carbonyl (C=O) groups is 1. The third kappa shape index (κ3) is 5.95. The predicted octanol–water partition coefficient (Wildman–Crippen LogP) is 3.44. The van der Waals surface area contributed by atoms with Crippen LogP contribution in [0.3, 0.4) is 0 Å². The van der Waals surface area contributed by atoms with Crippen LogP contribution < -0.4 is 15.8 Å². The summed E-state index contributed by atoms with van der Waals surface area (Å²) in [5.74, 6) is 1.21. The van der Waals surface area contributed by atoms with E-state index in [-0.39, 0.29) is 17.3 Å². The number of fused-ring (bicyclic) bond motifs is 1. The lowest BCUT2D eigenvalue weighted by Gasteiger charge is -2.26. The maximum absolute atomic E-state index is 12.9. The Labute approximate surface area is 226 Å². The first-order valence-electron chi connectivity index (χ1n) is 12.3. The molecule has 10 nitrogen and oxygen atoms in total. The van der Waals surface area contributed by atoms with E-state index < -0.39 is 10.0 Å². The van der Waals surface area contributed by atoms with Gasteiger partial charge in [0.25, 0.3) is 0 Å². The van der Waals surface area contributed by atoms with Gasteiger partial charge in [-0.1, -0.05) is 12.1 Å². The van der Waals surface area contributed by atoms with Gasteiger partial charge in [0.15, 0.2) is 11.3 Å². The van der Waals surface area contributed by atoms with Crippen LogP contribution in [0.25, 0.3) is 28.2 Å². The highest BCUT2D eigenvalue weighted by molar-refractivity contribution is 7.89. The number of rotatable bonds is 8. The van der Waals surface area contributed by atoms with Crippen LogP contribution in [0.15, 0.2) is 76.2 Å². The molecule has 11 heteroatoms. The second-order valence-electron chi connectivity index (χ2n) is 8.92. The molecule has 1 aliphatic rings. The number of nitrogen functional groups attached to an aromatic ring is 1. The van der Waals surface area contributed by atoms with Gasteiger partial charge in [-0.15, -0.1) is 0 Å². The Balaban J connectivity index is 1.31. The van der Waals surface area contributed by atoms with Crippen molar-refractivity contribution >= 4 is 38.8 Å². The van der Waals surface area contributed by atoms with Crippen molar-refractivity contribution in [3.63, 3.8) is 0 Å². The molecule has 4 aromatic rings. The van der Waals surface area contributed by atoms with Crippen molar-refractivity contribution in [2.24, 2.45) is 0 Å². The molecule has 1 aliphatic heterocycles. The molecule has 1 fully saturated rings. The number of anilines is 1. The summed E-state index contributed by atoms with van der Waals surface area (Å²) < 4.78 is 44.1. The molecular formula is C28H28N4O6S. The van der Waals surface area contributed by atoms with E-state index >= 15 is 0 Å². The zero-order valence-electron chi connectivity index (χ0n) is 21.3. The summed E-state index contributed by atoms with van der Waals surface area (Å²) in [4.78, 5) is 16.5. The molecule has 0 saturated carbocycles. The van der Waals surface area contributed by atoms with Crippen molar-refractivity contribution in [1.82, 2.24) is 14.6 Å². The number of sulfonamides is 1. The molecule has 0 aliphatic carbocycles. The van der Waals surface area contributed by atoms with Crippen molar-refractivity contribution in [2.75, 3.05) is 39.1 Å². The van der Waals surface area contributed by atoms with Gasteiger partial charge in [0.2, 0.25) is 15.9 Å². The molecule has 0 bridgehead atoms. The molecular weight excluding hydrogens is 520 g/mol. The molecule has 2 aromatic carbocycles. The fourth-order valence-corrected chi connectivity index (χ4v) is 5.66. The van der Waals surface area contributed by atoms with E-state index in [1.54, 1.807) is 55.8 Å². The van der Waals surface area contributed by atoms with Gasteiger partial charge < -0.3 is 24.9 Å². The second-order valence-corrected chi connectivity index (χ2v) is 10.9. The molecule has 5 rings (SSSR count). The standard InChI is InChI=1S/C28H28N4O6S/c1-36-25-16-21(20-4-6-24(7-5-20)39(34,35)32-10-12-37-13-11-32)14-22-15-23(38-28(22)25)18-31-27(33)9-3-19-2-8-26(29)30-17-19/h2-9,14-17H,10-13,18H2,1H3,(H2,29,30)(H,31,33). The highest BCUT2D eigenvalue weighted by Gasteiger charge is 2.26. The molecule has 3 N–H and O–H groups in total. The zero-order valence-corrected chi connectivity index (χ0v) is 22.1. The van der Waals surface area contributed by atoms with Crippen LogP contribution in [-0.2, 0) is 26.1 Å². The lowest BCUT2D eigenvalue weighted by Crippen LogP contribution is -2.40. The number of carbonyl (C=O) groups excluding carboxylic acids is 1. The van der Waals surface area contributed by atoms with Crippen molar-refractivity contribution in [3.8, 4) is 16.9 Å². The Kier molecular flexibility index (Phi) is 7.64. The molecule has 39 heavy (non-hydrogen) atoms. The Hall–Kier alpha value is -4.19. The van der Waals surface area contributed by atoms with Crippen molar-refractivity contribution in [3.05, 3.63) is 78.2 Å². The molecule has 2 aromatic heterocycles. The molecule has 1 saturated heterocycles. The number of nitrogens with two attached hydrogens (primary N) is 1. The minimum atomic E-state index is -3.57. The number of furan rings is 1. The molecule has 0 radical (unpaired) electrons. The third-order valence-corrected chi connectivity index (χ3v) is 8.23. The predicted molar refractivity (Wildman–Crippen MR) is 147 cm³/mol. The normalized spacial score (nSPS) is 14.6. The van der Waals surface area contributed by atoms with Gasteiger partial charge in [-0.05, 0) is 65.2 Å². The number of hydrogen-bond donors (Lipinski definition) is 2. The minimum absolute atomic E-state index is 0.185. The number of morpholine rings is 1. The summed E-state index contributed by atoms with van der Waals surface area (Å²) in [6.07, 6.45) is 4.64. The first kappa shape index (κ1) is 26.4. The lowest BCUT2D eigenvalue weighted by atomic mass is 10.0. The van der Waals surface area contributed by atoms with Gasteiger partial charge in [0.1, 0.15) is 11.6 Å². The number of ether oxygens (including phenoxy) is 2. The summed E-state index contributed by atoms with van der Waals surface area (Å²) in [5.41, 5.74) is 8.56. The summed E-state index contributed by atoms with van der Waals surface area (Å²) in [5, 5.41) is 3.59. The van der Waals surface area contributed by atoms with Gasteiger partial charge in [0.05, 0.1) is 31.8 Å². The van der Waals surface area contributed by atoms with Gasteiger partial charge >= 0.3 is 0 Å². The third-order valence-electron chi connectivity index (χ3n) is 6.32. The van der Waals surface area contributed by atoms with Crippen LogP contribution in [0.5, 0.6) is 5.75 Å². The average molecular weight is 549 g/mol. The highest BCUT2D eigenvalue weighted by atomic mass is 32.2. The van der Waals surface area contributed by atoms with Crippen molar-refractivity contribution in [2.45, 2.75) is 11.4 Å². The largest absolute Gasteiger partial charge is 0.493 e. The van der Waals surface area contributed by atoms with Gasteiger partial charge in [-0.3, -0.25) is 4.79 Å². The monoisotopic (exact) mass is 548 g/mol. The van der Waals surface area contributed by atoms with Gasteiger partial charge in [-0.2, -0.15) is 4.31 Å². The van der Waals surface area contributed by atoms with Crippen LogP contribution in [0.1, 0.15) is 11.3 Å². The zero-order chi connectivity index (χ0) is 27.4. The van der Waals surface area contributed by atoms with Crippen LogP contribution in [-0.4, -0.2) is 57.0 Å². The summed E-state index contributed by atoms with van der Waals surface area (Å²) in [7, 11) is -2.02. The van der Waals surface area contributed by atoms with E-state index in [2.05, 4.69) is 10.3 Å². The van der Waals surface area contributed by atoms with E-state index in [1.807, 2.05) is 18.2 Å². The fourth-order valence-electron chi connectivity index (χ4n) is 4.26. The Morgan fingerprint density at radius 3 is 2.56 bits per heavy atom. The van der Waals surface area contributed by atoms with Crippen LogP contribution in [0.4, 0.5) is 5.82 Å². The highest BCUT2D eigenvalue weighted by Crippen LogP contribution is 2.35. The van der Waals surface area contributed by atoms with Crippen molar-refractivity contribution < 1.29 is 27.1 Å². The second kappa shape index (κ2) is 11.3. The molecule has 0 spiro atoms. The first-order valence-corrected chi connectivity index (χ1v) is 13.7. The average Bonchev–Trinajstić information content (AvgIpc) is 3.39. The number of methoxy groups -OCH3 is 1. The number of amides is 1. The van der Waals surface area contributed by atoms with Crippen molar-refractivity contribution in [1.29, 1.82) is 0 Å². The fraction of sp³-hybridized carbons (Fsp3) is 0.214. The number of nitrogens with one attached hydrogen (secondary N) is 1. The van der Waals surface area contributed by atoms with Gasteiger partial charge in [0, 0.05) is 30.7 Å². The quantitative estimate of drug-likeness (QED) is 0.320. The lowest BCUT2D eigenvalue weighted by molar-refractivity contribution is -0.116. The summed E-state index contributed by atoms with van der Waals surface area (Å²) in [6, 6.07) is 15.8. The maximum atomic E-state index is 12.9. The molecule has 202 valence electrons. The maximum Gasteiger partial charge on any atom is 0.244 e. The van der Waals surface area contributed by atoms with E-state index in [1.165, 1.54) is 10.4 Å². The van der Waals surface area contributed by atoms with Gasteiger partial charge in [-0.25, -0.2) is 13.4 Å². The topological polar surface area (TPSA) is 137 Å². The molecule has 0 atom stereocenters. The summed E-state index contributed by atoms with van der Waals surface area (Å²) >= 11 is 0. The molecule has 1 amide bonds. The number of hydrogen-bond acceptors (Lipinski definition) is 8. The molecule has 3 heterocycles. The Morgan fingerprint density at radius 1 is 1.10 bits per heavy atom. The minimum Gasteiger partial charge on any atom is -0.493 e. The van der Waals surface area contributed by atoms with Crippen LogP contribution in [0.2, 0.25) is 0 Å². The smallest absolute Gasteiger partial charge is 0.244 e. The van der Waals surface area contributed by atoms with E-state index in [0.29, 0.717) is 49.2 Å². The Morgan fingerprint density at radius 2 is 1.87 bits per heavy atom. The number of benzene rings is 2. The SMILES string of the molecule is COc1cc(-c2ccc(S(=O)(=O)N3CCOCC3)cc2)cc2cc(CNC(=O)C=Cc3ccc(N)nc3)oc12. The molecule has 0 unspecified atom stereocenters. The van der Waals surface area contributed by atoms with E-state index in [0.717, 1.165) is 22.1 Å².